The maximum atomic E-state index is 11.6. The van der Waals surface area contributed by atoms with Crippen LogP contribution in [0.4, 0.5) is 0 Å². The summed E-state index contributed by atoms with van der Waals surface area (Å²) in [5.41, 5.74) is -0.178. The Bertz CT molecular complexity index is 640. The van der Waals surface area contributed by atoms with E-state index in [1.165, 1.54) is 6.07 Å². The van der Waals surface area contributed by atoms with Crippen molar-refractivity contribution in [3.05, 3.63) is 34.6 Å². The van der Waals surface area contributed by atoms with E-state index < -0.39 is 0 Å². The summed E-state index contributed by atoms with van der Waals surface area (Å²) >= 11 is 0. The Morgan fingerprint density at radius 3 is 2.89 bits per heavy atom. The van der Waals surface area contributed by atoms with E-state index in [2.05, 4.69) is 15.1 Å². The van der Waals surface area contributed by atoms with Crippen LogP contribution in [0.5, 0.6) is 11.6 Å². The van der Waals surface area contributed by atoms with Gasteiger partial charge < -0.3 is 9.72 Å². The first-order valence-electron chi connectivity index (χ1n) is 6.45. The van der Waals surface area contributed by atoms with Crippen molar-refractivity contribution in [1.29, 1.82) is 0 Å². The Morgan fingerprint density at radius 1 is 1.47 bits per heavy atom. The third-order valence-electron chi connectivity index (χ3n) is 3.03. The Hall–Kier alpha value is -2.11. The van der Waals surface area contributed by atoms with Crippen molar-refractivity contribution < 1.29 is 4.74 Å². The average molecular weight is 260 g/mol. The molecule has 0 unspecified atom stereocenters. The normalized spacial score (nSPS) is 14.9. The average Bonchev–Trinajstić information content (AvgIpc) is 3.09. The minimum Gasteiger partial charge on any atom is -0.435 e. The first-order valence-corrected chi connectivity index (χ1v) is 6.45. The van der Waals surface area contributed by atoms with Crippen molar-refractivity contribution in [3.8, 4) is 11.6 Å². The summed E-state index contributed by atoms with van der Waals surface area (Å²) in [6, 6.07) is 1.63. The first-order chi connectivity index (χ1) is 9.11. The number of H-pyrrole nitrogens is 1. The van der Waals surface area contributed by atoms with Crippen molar-refractivity contribution in [2.45, 2.75) is 38.6 Å². The van der Waals surface area contributed by atoms with Crippen molar-refractivity contribution in [2.24, 2.45) is 0 Å². The molecule has 1 aliphatic carbocycles. The van der Waals surface area contributed by atoms with Crippen molar-refractivity contribution in [2.75, 3.05) is 0 Å². The van der Waals surface area contributed by atoms with Gasteiger partial charge in [-0.15, -0.1) is 0 Å². The van der Waals surface area contributed by atoms with E-state index in [1.807, 2.05) is 13.8 Å². The van der Waals surface area contributed by atoms with Gasteiger partial charge in [0.25, 0.3) is 5.56 Å². The quantitative estimate of drug-likeness (QED) is 0.914. The molecular formula is C13H16N4O2. The summed E-state index contributed by atoms with van der Waals surface area (Å²) in [6.45, 7) is 4.07. The van der Waals surface area contributed by atoms with Gasteiger partial charge in [0.1, 0.15) is 5.82 Å². The number of hydrogen-bond acceptors (Lipinski definition) is 4. The van der Waals surface area contributed by atoms with Crippen molar-refractivity contribution >= 4 is 0 Å². The number of hydrogen-bond donors (Lipinski definition) is 1. The molecule has 2 aromatic heterocycles. The second-order valence-electron chi connectivity index (χ2n) is 5.10. The van der Waals surface area contributed by atoms with E-state index in [1.54, 1.807) is 17.1 Å². The molecule has 0 saturated heterocycles. The molecule has 0 radical (unpaired) electrons. The smallest absolute Gasteiger partial charge is 0.254 e. The fraction of sp³-hybridized carbons (Fsp3) is 0.462. The van der Waals surface area contributed by atoms with Gasteiger partial charge >= 0.3 is 0 Å². The van der Waals surface area contributed by atoms with Gasteiger partial charge in [0.15, 0.2) is 5.75 Å². The summed E-state index contributed by atoms with van der Waals surface area (Å²) in [6.07, 6.45) is 5.58. The lowest BCUT2D eigenvalue weighted by atomic mass is 10.4. The van der Waals surface area contributed by atoms with Crippen molar-refractivity contribution in [3.63, 3.8) is 0 Å². The molecule has 2 heterocycles. The van der Waals surface area contributed by atoms with Crippen LogP contribution in [0.3, 0.4) is 0 Å². The van der Waals surface area contributed by atoms with Gasteiger partial charge in [0, 0.05) is 12.0 Å². The summed E-state index contributed by atoms with van der Waals surface area (Å²) in [5, 5.41) is 4.18. The predicted molar refractivity (Wildman–Crippen MR) is 69.5 cm³/mol. The van der Waals surface area contributed by atoms with Crippen LogP contribution < -0.4 is 10.3 Å². The van der Waals surface area contributed by atoms with Gasteiger partial charge in [0.2, 0.25) is 5.88 Å². The van der Waals surface area contributed by atoms with E-state index in [4.69, 9.17) is 4.74 Å². The second-order valence-corrected chi connectivity index (χ2v) is 5.10. The van der Waals surface area contributed by atoms with Gasteiger partial charge in [-0.2, -0.15) is 10.1 Å². The molecule has 0 bridgehead atoms. The topological polar surface area (TPSA) is 72.8 Å². The SMILES string of the molecule is CC(C)n1cc(Oc2cc(=O)[nH]c(C3CC3)n2)cn1. The summed E-state index contributed by atoms with van der Waals surface area (Å²) in [5.74, 6) is 2.02. The third kappa shape index (κ3) is 2.67. The zero-order chi connectivity index (χ0) is 13.4. The molecule has 0 aromatic carbocycles. The van der Waals surface area contributed by atoms with Crippen molar-refractivity contribution in [1.82, 2.24) is 19.7 Å². The molecule has 0 aliphatic heterocycles. The Labute approximate surface area is 110 Å². The molecular weight excluding hydrogens is 244 g/mol. The Morgan fingerprint density at radius 2 is 2.26 bits per heavy atom. The molecule has 2 aromatic rings. The molecule has 1 saturated carbocycles. The van der Waals surface area contributed by atoms with E-state index in [0.29, 0.717) is 17.5 Å². The van der Waals surface area contributed by atoms with Crippen LogP contribution in [-0.2, 0) is 0 Å². The van der Waals surface area contributed by atoms with Gasteiger partial charge in [-0.3, -0.25) is 9.48 Å². The Kier molecular flexibility index (Phi) is 2.85. The predicted octanol–water partition coefficient (Wildman–Crippen LogP) is 2.22. The van der Waals surface area contributed by atoms with Crippen LogP contribution in [0, 0.1) is 0 Å². The maximum absolute atomic E-state index is 11.6. The van der Waals surface area contributed by atoms with Crippen LogP contribution in [0.25, 0.3) is 0 Å². The maximum Gasteiger partial charge on any atom is 0.254 e. The number of nitrogens with zero attached hydrogens (tertiary/aromatic N) is 3. The Balaban J connectivity index is 1.83. The molecule has 6 nitrogen and oxygen atoms in total. The van der Waals surface area contributed by atoms with Crippen LogP contribution in [0.15, 0.2) is 23.3 Å². The minimum absolute atomic E-state index is 0.178. The highest BCUT2D eigenvalue weighted by Crippen LogP contribution is 2.38. The molecule has 19 heavy (non-hydrogen) atoms. The number of aromatic amines is 1. The zero-order valence-electron chi connectivity index (χ0n) is 11.0. The van der Waals surface area contributed by atoms with Crippen LogP contribution in [0.2, 0.25) is 0 Å². The van der Waals surface area contributed by atoms with E-state index >= 15 is 0 Å². The molecule has 3 rings (SSSR count). The van der Waals surface area contributed by atoms with Gasteiger partial charge in [0.05, 0.1) is 18.5 Å². The fourth-order valence-electron chi connectivity index (χ4n) is 1.83. The lowest BCUT2D eigenvalue weighted by Crippen LogP contribution is -2.10. The number of nitrogens with one attached hydrogen (secondary N) is 1. The second kappa shape index (κ2) is 4.53. The first kappa shape index (κ1) is 12.0. The molecule has 0 atom stereocenters. The van der Waals surface area contributed by atoms with E-state index in [-0.39, 0.29) is 11.6 Å². The van der Waals surface area contributed by atoms with Crippen LogP contribution in [-0.4, -0.2) is 19.7 Å². The fourth-order valence-corrected chi connectivity index (χ4v) is 1.83. The molecule has 0 amide bonds. The molecule has 1 fully saturated rings. The summed E-state index contributed by atoms with van der Waals surface area (Å²) < 4.78 is 7.39. The van der Waals surface area contributed by atoms with E-state index in [9.17, 15) is 4.79 Å². The molecule has 6 heteroatoms. The third-order valence-corrected chi connectivity index (χ3v) is 3.03. The minimum atomic E-state index is -0.178. The number of ether oxygens (including phenoxy) is 1. The van der Waals surface area contributed by atoms with Crippen LogP contribution in [0.1, 0.15) is 44.5 Å². The molecule has 0 spiro atoms. The number of aromatic nitrogens is 4. The highest BCUT2D eigenvalue weighted by molar-refractivity contribution is 5.22. The lowest BCUT2D eigenvalue weighted by Gasteiger charge is -2.04. The van der Waals surface area contributed by atoms with Gasteiger partial charge in [-0.25, -0.2) is 0 Å². The zero-order valence-corrected chi connectivity index (χ0v) is 11.0. The lowest BCUT2D eigenvalue weighted by molar-refractivity contribution is 0.454. The standard InChI is InChI=1S/C13H16N4O2/c1-8(2)17-7-10(6-14-17)19-12-5-11(18)15-13(16-12)9-3-4-9/h5-9H,3-4H2,1-2H3,(H,15,16,18). The highest BCUT2D eigenvalue weighted by atomic mass is 16.5. The van der Waals surface area contributed by atoms with E-state index in [0.717, 1.165) is 18.7 Å². The highest BCUT2D eigenvalue weighted by Gasteiger charge is 2.26. The molecule has 100 valence electrons. The van der Waals surface area contributed by atoms with Gasteiger partial charge in [-0.1, -0.05) is 0 Å². The molecule has 1 aliphatic rings. The van der Waals surface area contributed by atoms with Gasteiger partial charge in [-0.05, 0) is 26.7 Å². The summed E-state index contributed by atoms with van der Waals surface area (Å²) in [4.78, 5) is 18.6. The monoisotopic (exact) mass is 260 g/mol. The molecule has 1 N–H and O–H groups in total. The van der Waals surface area contributed by atoms with Crippen LogP contribution >= 0.6 is 0 Å². The largest absolute Gasteiger partial charge is 0.435 e. The summed E-state index contributed by atoms with van der Waals surface area (Å²) in [7, 11) is 0. The number of rotatable bonds is 4.